The molecule has 2 heterocycles. The fraction of sp³-hybridized carbons (Fsp3) is 0.360. The third-order valence-corrected chi connectivity index (χ3v) is 8.57. The molecular formula is C25H27F3N4O6S2. The first kappa shape index (κ1) is 30.8. The molecule has 1 aliphatic rings. The number of halogens is 3. The smallest absolute Gasteiger partial charge is 0.480 e. The van der Waals surface area contributed by atoms with Gasteiger partial charge in [-0.05, 0) is 56.0 Å². The number of carboxylic acid groups (broad SMARTS) is 1. The van der Waals surface area contributed by atoms with Crippen molar-refractivity contribution in [3.05, 3.63) is 47.8 Å². The number of hydrogen-bond donors (Lipinski definition) is 3. The number of pyridine rings is 1. The number of hydrogen-bond acceptors (Lipinski definition) is 8. The number of alkyl halides is 3. The van der Waals surface area contributed by atoms with Gasteiger partial charge in [-0.25, -0.2) is 23.2 Å². The molecular weight excluding hydrogens is 573 g/mol. The van der Waals surface area contributed by atoms with Gasteiger partial charge in [0.25, 0.3) is 10.0 Å². The van der Waals surface area contributed by atoms with Gasteiger partial charge in [-0.15, -0.1) is 0 Å². The van der Waals surface area contributed by atoms with Crippen molar-refractivity contribution in [2.24, 2.45) is 5.92 Å². The molecule has 1 saturated carbocycles. The summed E-state index contributed by atoms with van der Waals surface area (Å²) in [6, 6.07) is 8.48. The number of benzene rings is 1. The number of carbonyl (C=O) groups excluding carboxylic acids is 1. The van der Waals surface area contributed by atoms with Crippen molar-refractivity contribution in [1.29, 1.82) is 0 Å². The molecule has 1 fully saturated rings. The fourth-order valence-electron chi connectivity index (χ4n) is 3.97. The van der Waals surface area contributed by atoms with E-state index in [9.17, 15) is 26.4 Å². The van der Waals surface area contributed by atoms with E-state index in [-0.39, 0.29) is 28.3 Å². The van der Waals surface area contributed by atoms with Gasteiger partial charge in [-0.1, -0.05) is 36.3 Å². The van der Waals surface area contributed by atoms with Crippen LogP contribution in [0.15, 0.2) is 41.4 Å². The highest BCUT2D eigenvalue weighted by molar-refractivity contribution is 7.92. The minimum absolute atomic E-state index is 0.00888. The quantitative estimate of drug-likeness (QED) is 0.327. The first-order chi connectivity index (χ1) is 18.7. The molecule has 0 atom stereocenters. The highest BCUT2D eigenvalue weighted by Crippen LogP contribution is 2.36. The highest BCUT2D eigenvalue weighted by atomic mass is 32.2. The Balaban J connectivity index is 0.000000559. The first-order valence-corrected chi connectivity index (χ1v) is 14.2. The topological polar surface area (TPSA) is 148 Å². The number of aliphatic carboxylic acids is 1. The molecule has 4 rings (SSSR count). The molecule has 3 N–H and O–H groups in total. The highest BCUT2D eigenvalue weighted by Gasteiger charge is 2.38. The normalized spacial score (nSPS) is 13.8. The molecule has 216 valence electrons. The van der Waals surface area contributed by atoms with Crippen LogP contribution in [0.5, 0.6) is 5.88 Å². The number of carboxylic acids is 1. The van der Waals surface area contributed by atoms with Crippen molar-refractivity contribution in [3.63, 3.8) is 0 Å². The van der Waals surface area contributed by atoms with E-state index in [2.05, 4.69) is 20.0 Å². The lowest BCUT2D eigenvalue weighted by Crippen LogP contribution is -2.21. The molecule has 40 heavy (non-hydrogen) atoms. The largest absolute Gasteiger partial charge is 0.490 e. The number of ether oxygens (including phenoxy) is 1. The monoisotopic (exact) mass is 600 g/mol. The number of rotatable bonds is 7. The van der Waals surface area contributed by atoms with E-state index in [0.717, 1.165) is 41.8 Å². The molecule has 0 bridgehead atoms. The van der Waals surface area contributed by atoms with Gasteiger partial charge in [0.15, 0.2) is 5.13 Å². The number of aromatic nitrogens is 2. The molecule has 0 radical (unpaired) electrons. The summed E-state index contributed by atoms with van der Waals surface area (Å²) in [5, 5.41) is 10.6. The zero-order valence-electron chi connectivity index (χ0n) is 21.7. The van der Waals surface area contributed by atoms with Crippen LogP contribution in [0.2, 0.25) is 0 Å². The summed E-state index contributed by atoms with van der Waals surface area (Å²) in [5.41, 5.74) is 2.31. The number of amides is 1. The Morgan fingerprint density at radius 3 is 2.40 bits per heavy atom. The lowest BCUT2D eigenvalue weighted by atomic mass is 10.1. The van der Waals surface area contributed by atoms with Crippen LogP contribution in [-0.2, 0) is 19.6 Å². The van der Waals surface area contributed by atoms with Crippen molar-refractivity contribution < 1.29 is 41.0 Å². The summed E-state index contributed by atoms with van der Waals surface area (Å²) >= 11 is 1.35. The number of carbonyl (C=O) groups is 2. The van der Waals surface area contributed by atoms with Gasteiger partial charge in [0.05, 0.1) is 22.6 Å². The Morgan fingerprint density at radius 1 is 1.15 bits per heavy atom. The Labute approximate surface area is 232 Å². The van der Waals surface area contributed by atoms with Crippen molar-refractivity contribution in [2.75, 3.05) is 17.1 Å². The maximum atomic E-state index is 13.2. The number of anilines is 2. The molecule has 0 spiro atoms. The standard InChI is InChI=1S/C23H26N4O4S2.C2HF3O2/c1-14-10-11-17(13-19(14)33(29,30)27-18-9-6-12-24-22(18)31-3)20-15(2)25-23(32-20)26-21(28)16-7-4-5-8-16;3-2(4,5)1(6)7/h6,9-13,16,27H,4-5,7-8H2,1-3H3,(H,25,26,28);(H,6,7). The van der Waals surface area contributed by atoms with E-state index in [0.29, 0.717) is 10.7 Å². The predicted octanol–water partition coefficient (Wildman–Crippen LogP) is 5.39. The molecule has 0 saturated heterocycles. The van der Waals surface area contributed by atoms with Crippen LogP contribution < -0.4 is 14.8 Å². The van der Waals surface area contributed by atoms with E-state index in [4.69, 9.17) is 14.6 Å². The second kappa shape index (κ2) is 12.6. The zero-order chi connectivity index (χ0) is 29.7. The summed E-state index contributed by atoms with van der Waals surface area (Å²) in [5.74, 6) is -2.51. The third kappa shape index (κ3) is 7.69. The lowest BCUT2D eigenvalue weighted by Gasteiger charge is -2.13. The lowest BCUT2D eigenvalue weighted by molar-refractivity contribution is -0.192. The number of methoxy groups -OCH3 is 1. The van der Waals surface area contributed by atoms with Gasteiger partial charge in [0, 0.05) is 12.1 Å². The molecule has 15 heteroatoms. The molecule has 0 unspecified atom stereocenters. The second-order valence-corrected chi connectivity index (χ2v) is 11.5. The van der Waals surface area contributed by atoms with Crippen molar-refractivity contribution >= 4 is 44.1 Å². The Hall–Kier alpha value is -3.72. The predicted molar refractivity (Wildman–Crippen MR) is 143 cm³/mol. The van der Waals surface area contributed by atoms with Gasteiger partial charge < -0.3 is 15.2 Å². The maximum Gasteiger partial charge on any atom is 0.490 e. The Morgan fingerprint density at radius 2 is 1.80 bits per heavy atom. The maximum absolute atomic E-state index is 13.2. The minimum atomic E-state index is -5.08. The van der Waals surface area contributed by atoms with Crippen molar-refractivity contribution in [3.8, 4) is 16.3 Å². The summed E-state index contributed by atoms with van der Waals surface area (Å²) in [4.78, 5) is 30.9. The molecule has 1 aliphatic carbocycles. The number of sulfonamides is 1. The Kier molecular flexibility index (Phi) is 9.73. The Bertz CT molecular complexity index is 1490. The van der Waals surface area contributed by atoms with Crippen LogP contribution in [0.3, 0.4) is 0 Å². The van der Waals surface area contributed by atoms with Crippen LogP contribution in [0.25, 0.3) is 10.4 Å². The van der Waals surface area contributed by atoms with Gasteiger partial charge in [0.1, 0.15) is 5.69 Å². The number of aryl methyl sites for hydroxylation is 2. The van der Waals surface area contributed by atoms with Gasteiger partial charge in [-0.3, -0.25) is 9.52 Å². The van der Waals surface area contributed by atoms with Gasteiger partial charge >= 0.3 is 12.1 Å². The summed E-state index contributed by atoms with van der Waals surface area (Å²) in [6.07, 6.45) is 0.436. The second-order valence-electron chi connectivity index (χ2n) is 8.85. The van der Waals surface area contributed by atoms with Gasteiger partial charge in [0.2, 0.25) is 11.8 Å². The molecule has 10 nitrogen and oxygen atoms in total. The summed E-state index contributed by atoms with van der Waals surface area (Å²) in [7, 11) is -2.47. The molecule has 1 aromatic carbocycles. The van der Waals surface area contributed by atoms with Gasteiger partial charge in [-0.2, -0.15) is 13.2 Å². The molecule has 2 aromatic heterocycles. The van der Waals surface area contributed by atoms with Crippen LogP contribution >= 0.6 is 11.3 Å². The van der Waals surface area contributed by atoms with E-state index in [1.807, 2.05) is 13.0 Å². The van der Waals surface area contributed by atoms with Crippen LogP contribution in [0.1, 0.15) is 36.9 Å². The minimum Gasteiger partial charge on any atom is -0.480 e. The molecule has 0 aliphatic heterocycles. The SMILES string of the molecule is COc1ncccc1NS(=O)(=O)c1cc(-c2sc(NC(=O)C3CCCC3)nc2C)ccc1C.O=C(O)C(F)(F)F. The van der Waals surface area contributed by atoms with E-state index < -0.39 is 22.2 Å². The van der Waals surface area contributed by atoms with Crippen LogP contribution in [0, 0.1) is 19.8 Å². The molecule has 3 aromatic rings. The van der Waals surface area contributed by atoms with E-state index in [1.165, 1.54) is 24.6 Å². The third-order valence-electron chi connectivity index (χ3n) is 5.94. The van der Waals surface area contributed by atoms with E-state index >= 15 is 0 Å². The average molecular weight is 601 g/mol. The van der Waals surface area contributed by atoms with Crippen molar-refractivity contribution in [1.82, 2.24) is 9.97 Å². The molecule has 1 amide bonds. The van der Waals surface area contributed by atoms with Crippen LogP contribution in [-0.4, -0.2) is 48.7 Å². The fourth-order valence-corrected chi connectivity index (χ4v) is 6.27. The number of nitrogens with one attached hydrogen (secondary N) is 2. The van der Waals surface area contributed by atoms with E-state index in [1.54, 1.807) is 31.2 Å². The number of thiazole rings is 1. The number of nitrogens with zero attached hydrogens (tertiary/aromatic N) is 2. The van der Waals surface area contributed by atoms with Crippen molar-refractivity contribution in [2.45, 2.75) is 50.6 Å². The average Bonchev–Trinajstić information content (AvgIpc) is 3.54. The van der Waals surface area contributed by atoms with Crippen LogP contribution in [0.4, 0.5) is 24.0 Å². The zero-order valence-corrected chi connectivity index (χ0v) is 23.3. The summed E-state index contributed by atoms with van der Waals surface area (Å²) in [6.45, 7) is 3.59. The first-order valence-electron chi connectivity index (χ1n) is 11.9. The summed E-state index contributed by atoms with van der Waals surface area (Å²) < 4.78 is 65.8.